The number of carbonyl (C=O) groups is 3. The van der Waals surface area contributed by atoms with Gasteiger partial charge in [-0.3, -0.25) is 19.3 Å². The van der Waals surface area contributed by atoms with Gasteiger partial charge in [0.25, 0.3) is 5.91 Å². The lowest BCUT2D eigenvalue weighted by molar-refractivity contribution is -0.133. The van der Waals surface area contributed by atoms with Gasteiger partial charge in [-0.15, -0.1) is 0 Å². The van der Waals surface area contributed by atoms with Crippen LogP contribution in [0.25, 0.3) is 0 Å². The summed E-state index contributed by atoms with van der Waals surface area (Å²) in [6.07, 6.45) is 1.94. The lowest BCUT2D eigenvalue weighted by Crippen LogP contribution is -2.52. The Morgan fingerprint density at radius 2 is 1.84 bits per heavy atom. The van der Waals surface area contributed by atoms with Crippen LogP contribution in [-0.4, -0.2) is 54.8 Å². The first-order valence-corrected chi connectivity index (χ1v) is 10.6. The Morgan fingerprint density at radius 3 is 2.55 bits per heavy atom. The third kappa shape index (κ3) is 4.51. The molecule has 4 rings (SSSR count). The van der Waals surface area contributed by atoms with Crippen LogP contribution in [0, 0.1) is 0 Å². The van der Waals surface area contributed by atoms with Gasteiger partial charge >= 0.3 is 0 Å². The van der Waals surface area contributed by atoms with Crippen LogP contribution < -0.4 is 14.4 Å². The van der Waals surface area contributed by atoms with E-state index in [2.05, 4.69) is 0 Å². The van der Waals surface area contributed by atoms with Gasteiger partial charge in [-0.2, -0.15) is 0 Å². The van der Waals surface area contributed by atoms with E-state index < -0.39 is 6.04 Å². The molecule has 162 valence electrons. The number of hydrogen-bond acceptors (Lipinski definition) is 5. The minimum atomic E-state index is -0.677. The lowest BCUT2D eigenvalue weighted by Gasteiger charge is -2.35. The third-order valence-electron chi connectivity index (χ3n) is 5.51. The zero-order valence-corrected chi connectivity index (χ0v) is 17.9. The molecule has 7 nitrogen and oxygen atoms in total. The molecule has 1 atom stereocenters. The second-order valence-electron chi connectivity index (χ2n) is 7.61. The first-order valence-electron chi connectivity index (χ1n) is 10.2. The molecule has 8 heteroatoms. The van der Waals surface area contributed by atoms with Gasteiger partial charge in [-0.05, 0) is 62.2 Å². The second kappa shape index (κ2) is 8.98. The summed E-state index contributed by atoms with van der Waals surface area (Å²) in [5, 5.41) is 0.579. The van der Waals surface area contributed by atoms with E-state index in [9.17, 15) is 14.4 Å². The van der Waals surface area contributed by atoms with Crippen LogP contribution in [0.3, 0.4) is 0 Å². The Kier molecular flexibility index (Phi) is 6.13. The van der Waals surface area contributed by atoms with Crippen LogP contribution in [0.15, 0.2) is 42.5 Å². The Bertz CT molecular complexity index is 1000. The van der Waals surface area contributed by atoms with Gasteiger partial charge in [0.05, 0.1) is 5.69 Å². The smallest absolute Gasteiger partial charge is 0.265 e. The van der Waals surface area contributed by atoms with E-state index in [1.165, 1.54) is 4.90 Å². The van der Waals surface area contributed by atoms with Crippen molar-refractivity contribution in [3.05, 3.63) is 53.1 Å². The fourth-order valence-electron chi connectivity index (χ4n) is 3.84. The van der Waals surface area contributed by atoms with E-state index in [4.69, 9.17) is 21.1 Å². The fourth-order valence-corrected chi connectivity index (χ4v) is 3.97. The number of hydrogen-bond donors (Lipinski definition) is 0. The number of Topliss-reactive ketones (excluding diaryl/α,β-unsaturated/α-hetero) is 1. The van der Waals surface area contributed by atoms with Crippen LogP contribution in [0.4, 0.5) is 5.69 Å². The Balaban J connectivity index is 1.53. The monoisotopic (exact) mass is 442 g/mol. The number of anilines is 1. The molecule has 0 N–H and O–H groups in total. The van der Waals surface area contributed by atoms with Crippen molar-refractivity contribution >= 4 is 34.9 Å². The van der Waals surface area contributed by atoms with Crippen molar-refractivity contribution in [1.29, 1.82) is 0 Å². The summed E-state index contributed by atoms with van der Waals surface area (Å²) in [6, 6.07) is 10.9. The van der Waals surface area contributed by atoms with Crippen molar-refractivity contribution in [2.75, 3.05) is 31.2 Å². The molecule has 1 fully saturated rings. The summed E-state index contributed by atoms with van der Waals surface area (Å²) in [4.78, 5) is 41.5. The molecular formula is C23H23ClN2O5. The normalized spacial score (nSPS) is 16.5. The number of likely N-dealkylation sites (tertiary alicyclic amines) is 1. The number of carbonyl (C=O) groups excluding carboxylic acids is 3. The van der Waals surface area contributed by atoms with Crippen LogP contribution in [0.2, 0.25) is 5.02 Å². The van der Waals surface area contributed by atoms with Gasteiger partial charge in [0.2, 0.25) is 5.91 Å². The van der Waals surface area contributed by atoms with Crippen molar-refractivity contribution in [1.82, 2.24) is 4.90 Å². The molecule has 2 aromatic rings. The maximum absolute atomic E-state index is 12.9. The first-order chi connectivity index (χ1) is 14.9. The molecule has 1 saturated heterocycles. The zero-order valence-electron chi connectivity index (χ0n) is 17.2. The van der Waals surface area contributed by atoms with Gasteiger partial charge in [-0.1, -0.05) is 11.6 Å². The molecule has 0 spiro atoms. The van der Waals surface area contributed by atoms with Crippen LogP contribution in [-0.2, 0) is 9.59 Å². The maximum atomic E-state index is 12.9. The molecule has 31 heavy (non-hydrogen) atoms. The van der Waals surface area contributed by atoms with Crippen molar-refractivity contribution in [3.63, 3.8) is 0 Å². The van der Waals surface area contributed by atoms with Gasteiger partial charge in [0.15, 0.2) is 19.0 Å². The minimum Gasteiger partial charge on any atom is -0.485 e. The largest absolute Gasteiger partial charge is 0.485 e. The average Bonchev–Trinajstić information content (AvgIpc) is 3.32. The Morgan fingerprint density at radius 1 is 1.13 bits per heavy atom. The summed E-state index contributed by atoms with van der Waals surface area (Å²) in [5.74, 6) is 0.335. The SMILES string of the molecule is CC(C(=O)N1CCCC1)N1C(=O)COc2ccc(C(=O)COc3ccc(Cl)cc3)cc21. The summed E-state index contributed by atoms with van der Waals surface area (Å²) in [7, 11) is 0. The number of halogens is 1. The van der Waals surface area contributed by atoms with Crippen LogP contribution in [0.5, 0.6) is 11.5 Å². The van der Waals surface area contributed by atoms with Crippen molar-refractivity contribution in [3.8, 4) is 11.5 Å². The number of rotatable bonds is 6. The number of amides is 2. The van der Waals surface area contributed by atoms with Gasteiger partial charge in [-0.25, -0.2) is 0 Å². The Labute approximate surface area is 185 Å². The molecule has 0 radical (unpaired) electrons. The molecule has 2 aromatic carbocycles. The van der Waals surface area contributed by atoms with E-state index in [1.807, 2.05) is 0 Å². The number of benzene rings is 2. The number of ketones is 1. The predicted octanol–water partition coefficient (Wildman–Crippen LogP) is 3.34. The number of nitrogens with zero attached hydrogens (tertiary/aromatic N) is 2. The van der Waals surface area contributed by atoms with Crippen molar-refractivity contribution < 1.29 is 23.9 Å². The average molecular weight is 443 g/mol. The maximum Gasteiger partial charge on any atom is 0.265 e. The molecule has 2 amide bonds. The highest BCUT2D eigenvalue weighted by molar-refractivity contribution is 6.30. The molecular weight excluding hydrogens is 420 g/mol. The minimum absolute atomic E-state index is 0.0958. The molecule has 1 unspecified atom stereocenters. The molecule has 0 aromatic heterocycles. The molecule has 2 aliphatic rings. The van der Waals surface area contributed by atoms with Crippen molar-refractivity contribution in [2.45, 2.75) is 25.8 Å². The fraction of sp³-hybridized carbons (Fsp3) is 0.348. The van der Waals surface area contributed by atoms with E-state index in [-0.39, 0.29) is 30.8 Å². The lowest BCUT2D eigenvalue weighted by atomic mass is 10.1. The topological polar surface area (TPSA) is 76.2 Å². The predicted molar refractivity (Wildman–Crippen MR) is 116 cm³/mol. The molecule has 0 saturated carbocycles. The van der Waals surface area contributed by atoms with E-state index in [1.54, 1.807) is 54.3 Å². The van der Waals surface area contributed by atoms with Gasteiger partial charge in [0, 0.05) is 23.7 Å². The zero-order chi connectivity index (χ0) is 22.0. The van der Waals surface area contributed by atoms with E-state index >= 15 is 0 Å². The summed E-state index contributed by atoms with van der Waals surface area (Å²) in [6.45, 7) is 2.81. The van der Waals surface area contributed by atoms with E-state index in [0.29, 0.717) is 40.9 Å². The molecule has 2 heterocycles. The second-order valence-corrected chi connectivity index (χ2v) is 8.05. The first kappa shape index (κ1) is 21.2. The van der Waals surface area contributed by atoms with Gasteiger partial charge in [0.1, 0.15) is 17.5 Å². The summed E-state index contributed by atoms with van der Waals surface area (Å²) < 4.78 is 11.1. The van der Waals surface area contributed by atoms with Gasteiger partial charge < -0.3 is 14.4 Å². The number of fused-ring (bicyclic) bond motifs is 1. The van der Waals surface area contributed by atoms with E-state index in [0.717, 1.165) is 12.8 Å². The number of ether oxygens (including phenoxy) is 2. The highest BCUT2D eigenvalue weighted by Crippen LogP contribution is 2.35. The van der Waals surface area contributed by atoms with Crippen LogP contribution >= 0.6 is 11.6 Å². The standard InChI is InChI=1S/C23H23ClN2O5/c1-15(23(29)25-10-2-3-11-25)26-19-12-16(4-9-21(19)31-14-22(26)28)20(27)13-30-18-7-5-17(24)6-8-18/h4-9,12,15H,2-3,10-11,13-14H2,1H3. The summed E-state index contributed by atoms with van der Waals surface area (Å²) in [5.41, 5.74) is 0.797. The highest BCUT2D eigenvalue weighted by Gasteiger charge is 2.36. The summed E-state index contributed by atoms with van der Waals surface area (Å²) >= 11 is 5.86. The third-order valence-corrected chi connectivity index (χ3v) is 5.76. The van der Waals surface area contributed by atoms with Crippen LogP contribution in [0.1, 0.15) is 30.1 Å². The molecule has 0 aliphatic carbocycles. The quantitative estimate of drug-likeness (QED) is 0.641. The Hall–Kier alpha value is -3.06. The molecule has 2 aliphatic heterocycles. The highest BCUT2D eigenvalue weighted by atomic mass is 35.5. The molecule has 0 bridgehead atoms. The van der Waals surface area contributed by atoms with Crippen molar-refractivity contribution in [2.24, 2.45) is 0 Å².